The van der Waals surface area contributed by atoms with Gasteiger partial charge < -0.3 is 5.32 Å². The van der Waals surface area contributed by atoms with Crippen molar-refractivity contribution in [2.24, 2.45) is 5.92 Å². The Balaban J connectivity index is 1.62. The van der Waals surface area contributed by atoms with E-state index >= 15 is 0 Å². The molecule has 3 nitrogen and oxygen atoms in total. The van der Waals surface area contributed by atoms with E-state index in [0.717, 1.165) is 18.0 Å². The van der Waals surface area contributed by atoms with Crippen LogP contribution in [0.2, 0.25) is 0 Å². The van der Waals surface area contributed by atoms with Crippen molar-refractivity contribution in [3.63, 3.8) is 0 Å². The Morgan fingerprint density at radius 1 is 1.33 bits per heavy atom. The second-order valence-corrected chi connectivity index (χ2v) is 5.19. The number of pyridine rings is 1. The lowest BCUT2D eigenvalue weighted by Gasteiger charge is -2.21. The Labute approximate surface area is 109 Å². The van der Waals surface area contributed by atoms with E-state index < -0.39 is 0 Å². The van der Waals surface area contributed by atoms with Crippen molar-refractivity contribution in [3.8, 4) is 0 Å². The Hall–Kier alpha value is -1.38. The van der Waals surface area contributed by atoms with E-state index in [1.807, 2.05) is 12.1 Å². The van der Waals surface area contributed by atoms with Crippen molar-refractivity contribution in [2.45, 2.75) is 51.4 Å². The molecule has 0 atom stereocenters. The van der Waals surface area contributed by atoms with E-state index in [4.69, 9.17) is 0 Å². The first kappa shape index (κ1) is 13.1. The normalized spacial score (nSPS) is 16.4. The van der Waals surface area contributed by atoms with Crippen LogP contribution in [0.25, 0.3) is 0 Å². The molecule has 0 bridgehead atoms. The third kappa shape index (κ3) is 4.47. The molecule has 1 fully saturated rings. The first-order valence-electron chi connectivity index (χ1n) is 7.04. The van der Waals surface area contributed by atoms with Crippen LogP contribution in [0, 0.1) is 5.92 Å². The molecule has 2 rings (SSSR count). The molecule has 0 aromatic carbocycles. The SMILES string of the molecule is O=C(CCCC1CCCCC1)Nc1cccnc1. The maximum atomic E-state index is 11.7. The van der Waals surface area contributed by atoms with Crippen molar-refractivity contribution in [3.05, 3.63) is 24.5 Å². The summed E-state index contributed by atoms with van der Waals surface area (Å²) < 4.78 is 0. The van der Waals surface area contributed by atoms with Gasteiger partial charge in [0.05, 0.1) is 11.9 Å². The van der Waals surface area contributed by atoms with Crippen molar-refractivity contribution >= 4 is 11.6 Å². The summed E-state index contributed by atoms with van der Waals surface area (Å²) in [6, 6.07) is 3.70. The number of carbonyl (C=O) groups is 1. The van der Waals surface area contributed by atoms with Crippen LogP contribution in [0.3, 0.4) is 0 Å². The molecule has 3 heteroatoms. The van der Waals surface area contributed by atoms with E-state index in [-0.39, 0.29) is 5.91 Å². The Morgan fingerprint density at radius 2 is 2.17 bits per heavy atom. The molecule has 0 radical (unpaired) electrons. The van der Waals surface area contributed by atoms with E-state index in [9.17, 15) is 4.79 Å². The van der Waals surface area contributed by atoms with Gasteiger partial charge in [0.15, 0.2) is 0 Å². The van der Waals surface area contributed by atoms with Gasteiger partial charge in [-0.15, -0.1) is 0 Å². The predicted octanol–water partition coefficient (Wildman–Crippen LogP) is 3.77. The number of aromatic nitrogens is 1. The number of anilines is 1. The van der Waals surface area contributed by atoms with E-state index in [1.54, 1.807) is 12.4 Å². The zero-order chi connectivity index (χ0) is 12.6. The van der Waals surface area contributed by atoms with E-state index in [1.165, 1.54) is 38.5 Å². The van der Waals surface area contributed by atoms with Crippen molar-refractivity contribution in [2.75, 3.05) is 5.32 Å². The zero-order valence-electron chi connectivity index (χ0n) is 10.9. The van der Waals surface area contributed by atoms with E-state index in [0.29, 0.717) is 6.42 Å². The molecule has 1 N–H and O–H groups in total. The molecule has 0 saturated heterocycles. The summed E-state index contributed by atoms with van der Waals surface area (Å²) in [4.78, 5) is 15.7. The third-order valence-electron chi connectivity index (χ3n) is 3.69. The fourth-order valence-corrected chi connectivity index (χ4v) is 2.69. The van der Waals surface area contributed by atoms with Gasteiger partial charge in [0.1, 0.15) is 0 Å². The summed E-state index contributed by atoms with van der Waals surface area (Å²) in [5, 5.41) is 2.88. The largest absolute Gasteiger partial charge is 0.325 e. The number of nitrogens with zero attached hydrogens (tertiary/aromatic N) is 1. The highest BCUT2D eigenvalue weighted by Crippen LogP contribution is 2.27. The van der Waals surface area contributed by atoms with Crippen molar-refractivity contribution < 1.29 is 4.79 Å². The van der Waals surface area contributed by atoms with Crippen LogP contribution in [-0.4, -0.2) is 10.9 Å². The molecule has 0 spiro atoms. The maximum absolute atomic E-state index is 11.7. The minimum atomic E-state index is 0.110. The highest BCUT2D eigenvalue weighted by molar-refractivity contribution is 5.90. The Bertz CT molecular complexity index is 358. The van der Waals surface area contributed by atoms with E-state index in [2.05, 4.69) is 10.3 Å². The standard InChI is InChI=1S/C15H22N2O/c18-15(17-14-9-5-11-16-12-14)10-4-8-13-6-2-1-3-7-13/h5,9,11-13H,1-4,6-8,10H2,(H,17,18). The average Bonchev–Trinajstić information content (AvgIpc) is 2.41. The van der Waals surface area contributed by atoms with Crippen LogP contribution in [0.1, 0.15) is 51.4 Å². The first-order chi connectivity index (χ1) is 8.84. The molecule has 1 aliphatic carbocycles. The minimum absolute atomic E-state index is 0.110. The van der Waals surface area contributed by atoms with Gasteiger partial charge in [-0.1, -0.05) is 32.1 Å². The summed E-state index contributed by atoms with van der Waals surface area (Å²) in [6.45, 7) is 0. The minimum Gasteiger partial charge on any atom is -0.325 e. The fraction of sp³-hybridized carbons (Fsp3) is 0.600. The highest BCUT2D eigenvalue weighted by atomic mass is 16.1. The molecule has 1 aliphatic rings. The lowest BCUT2D eigenvalue weighted by atomic mass is 9.86. The van der Waals surface area contributed by atoms with Gasteiger partial charge in [0, 0.05) is 12.6 Å². The topological polar surface area (TPSA) is 42.0 Å². The van der Waals surface area contributed by atoms with Crippen molar-refractivity contribution in [1.29, 1.82) is 0 Å². The molecule has 0 unspecified atom stereocenters. The van der Waals surface area contributed by atoms with Gasteiger partial charge in [-0.2, -0.15) is 0 Å². The van der Waals surface area contributed by atoms with Crippen LogP contribution in [0.5, 0.6) is 0 Å². The third-order valence-corrected chi connectivity index (χ3v) is 3.69. The second-order valence-electron chi connectivity index (χ2n) is 5.19. The average molecular weight is 246 g/mol. The number of nitrogens with one attached hydrogen (secondary N) is 1. The van der Waals surface area contributed by atoms with Gasteiger partial charge in [-0.3, -0.25) is 9.78 Å². The summed E-state index contributed by atoms with van der Waals surface area (Å²) in [7, 11) is 0. The predicted molar refractivity (Wildman–Crippen MR) is 73.3 cm³/mol. The number of amides is 1. The second kappa shape index (κ2) is 7.14. The number of hydrogen-bond donors (Lipinski definition) is 1. The molecule has 18 heavy (non-hydrogen) atoms. The van der Waals surface area contributed by atoms with Gasteiger partial charge >= 0.3 is 0 Å². The van der Waals surface area contributed by atoms with Crippen LogP contribution in [0.4, 0.5) is 5.69 Å². The Morgan fingerprint density at radius 3 is 2.89 bits per heavy atom. The number of rotatable bonds is 5. The van der Waals surface area contributed by atoms with Crippen LogP contribution >= 0.6 is 0 Å². The van der Waals surface area contributed by atoms with Gasteiger partial charge in [0.25, 0.3) is 0 Å². The molecule has 1 saturated carbocycles. The maximum Gasteiger partial charge on any atom is 0.224 e. The van der Waals surface area contributed by atoms with Gasteiger partial charge in [-0.05, 0) is 30.9 Å². The zero-order valence-corrected chi connectivity index (χ0v) is 10.9. The molecule has 0 aliphatic heterocycles. The summed E-state index contributed by atoms with van der Waals surface area (Å²) in [5.41, 5.74) is 0.792. The fourth-order valence-electron chi connectivity index (χ4n) is 2.69. The number of carbonyl (C=O) groups excluding carboxylic acids is 1. The van der Waals surface area contributed by atoms with Gasteiger partial charge in [0.2, 0.25) is 5.91 Å². The van der Waals surface area contributed by atoms with Crippen LogP contribution in [0.15, 0.2) is 24.5 Å². The monoisotopic (exact) mass is 246 g/mol. The first-order valence-corrected chi connectivity index (χ1v) is 7.04. The molecular weight excluding hydrogens is 224 g/mol. The molecule has 98 valence electrons. The van der Waals surface area contributed by atoms with Crippen molar-refractivity contribution in [1.82, 2.24) is 4.98 Å². The molecule has 1 aromatic rings. The molecule has 1 heterocycles. The summed E-state index contributed by atoms with van der Waals surface area (Å²) >= 11 is 0. The smallest absolute Gasteiger partial charge is 0.224 e. The molecular formula is C15H22N2O. The van der Waals surface area contributed by atoms with Crippen LogP contribution in [-0.2, 0) is 4.79 Å². The van der Waals surface area contributed by atoms with Crippen LogP contribution < -0.4 is 5.32 Å². The summed E-state index contributed by atoms with van der Waals surface area (Å²) in [6.07, 6.45) is 13.1. The lowest BCUT2D eigenvalue weighted by Crippen LogP contribution is -2.12. The number of hydrogen-bond acceptors (Lipinski definition) is 2. The molecule has 1 amide bonds. The Kier molecular flexibility index (Phi) is 5.18. The van der Waals surface area contributed by atoms with Gasteiger partial charge in [-0.25, -0.2) is 0 Å². The lowest BCUT2D eigenvalue weighted by molar-refractivity contribution is -0.116. The molecule has 1 aromatic heterocycles. The summed E-state index contributed by atoms with van der Waals surface area (Å²) in [5.74, 6) is 0.976. The highest BCUT2D eigenvalue weighted by Gasteiger charge is 2.13. The quantitative estimate of drug-likeness (QED) is 0.859.